The number of amides is 1. The molecule has 0 N–H and O–H groups in total. The molecule has 0 aliphatic carbocycles. The van der Waals surface area contributed by atoms with Gasteiger partial charge in [-0.25, -0.2) is 9.59 Å². The van der Waals surface area contributed by atoms with Crippen molar-refractivity contribution in [1.29, 1.82) is 0 Å². The summed E-state index contributed by atoms with van der Waals surface area (Å²) in [5.74, 6) is -1.16. The fourth-order valence-electron chi connectivity index (χ4n) is 3.31. The standard InChI is InChI=1S/C23H19NO5/c25-21(24-12-10-17(11-13-24)16-6-2-1-3-7-16)15-28-22(26)19-14-18-8-4-5-9-20(18)29-23(19)27/h1-10,14H,11-13,15H2. The van der Waals surface area contributed by atoms with Crippen LogP contribution in [-0.4, -0.2) is 36.5 Å². The molecule has 29 heavy (non-hydrogen) atoms. The van der Waals surface area contributed by atoms with Gasteiger partial charge in [-0.1, -0.05) is 54.6 Å². The maximum Gasteiger partial charge on any atom is 0.351 e. The first-order valence-corrected chi connectivity index (χ1v) is 9.34. The Morgan fingerprint density at radius 2 is 1.79 bits per heavy atom. The van der Waals surface area contributed by atoms with E-state index in [1.165, 1.54) is 11.6 Å². The second-order valence-electron chi connectivity index (χ2n) is 6.75. The highest BCUT2D eigenvalue weighted by molar-refractivity contribution is 5.94. The number of fused-ring (bicyclic) bond motifs is 1. The maximum absolute atomic E-state index is 12.4. The Kier molecular flexibility index (Phi) is 5.24. The molecule has 6 nitrogen and oxygen atoms in total. The predicted octanol–water partition coefficient (Wildman–Crippen LogP) is 3.27. The summed E-state index contributed by atoms with van der Waals surface area (Å²) in [6.45, 7) is 0.591. The molecule has 6 heteroatoms. The molecular formula is C23H19NO5. The largest absolute Gasteiger partial charge is 0.452 e. The highest BCUT2D eigenvalue weighted by Gasteiger charge is 2.21. The van der Waals surface area contributed by atoms with Crippen molar-refractivity contribution in [2.24, 2.45) is 0 Å². The number of nitrogens with zero attached hydrogens (tertiary/aromatic N) is 1. The molecule has 0 radical (unpaired) electrons. The Morgan fingerprint density at radius 1 is 1.03 bits per heavy atom. The molecule has 0 saturated heterocycles. The molecular weight excluding hydrogens is 370 g/mol. The van der Waals surface area contributed by atoms with Gasteiger partial charge in [0.15, 0.2) is 6.61 Å². The third kappa shape index (κ3) is 4.11. The van der Waals surface area contributed by atoms with Crippen molar-refractivity contribution < 1.29 is 18.7 Å². The molecule has 1 aromatic heterocycles. The third-order valence-electron chi connectivity index (χ3n) is 4.89. The zero-order valence-corrected chi connectivity index (χ0v) is 15.7. The third-order valence-corrected chi connectivity index (χ3v) is 4.89. The maximum atomic E-state index is 12.4. The van der Waals surface area contributed by atoms with Gasteiger partial charge < -0.3 is 14.1 Å². The monoisotopic (exact) mass is 389 g/mol. The lowest BCUT2D eigenvalue weighted by atomic mass is 10.00. The molecule has 0 saturated carbocycles. The Labute approximate surface area is 167 Å². The van der Waals surface area contributed by atoms with Gasteiger partial charge >= 0.3 is 11.6 Å². The lowest BCUT2D eigenvalue weighted by Gasteiger charge is -2.26. The van der Waals surface area contributed by atoms with E-state index in [0.717, 1.165) is 12.0 Å². The van der Waals surface area contributed by atoms with E-state index in [-0.39, 0.29) is 11.5 Å². The molecule has 3 aromatic rings. The van der Waals surface area contributed by atoms with Crippen LogP contribution >= 0.6 is 0 Å². The smallest absolute Gasteiger partial charge is 0.351 e. The first-order valence-electron chi connectivity index (χ1n) is 9.34. The normalized spacial score (nSPS) is 13.8. The summed E-state index contributed by atoms with van der Waals surface area (Å²) in [4.78, 5) is 38.3. The molecule has 1 amide bonds. The average Bonchev–Trinajstić information content (AvgIpc) is 2.77. The van der Waals surface area contributed by atoms with Crippen molar-refractivity contribution in [3.63, 3.8) is 0 Å². The number of hydrogen-bond acceptors (Lipinski definition) is 5. The van der Waals surface area contributed by atoms with Crippen LogP contribution in [-0.2, 0) is 9.53 Å². The summed E-state index contributed by atoms with van der Waals surface area (Å²) >= 11 is 0. The van der Waals surface area contributed by atoms with E-state index < -0.39 is 18.2 Å². The van der Waals surface area contributed by atoms with Crippen LogP contribution in [0.15, 0.2) is 76.0 Å². The number of benzene rings is 2. The molecule has 4 rings (SSSR count). The molecule has 0 atom stereocenters. The molecule has 0 spiro atoms. The van der Waals surface area contributed by atoms with Gasteiger partial charge in [-0.2, -0.15) is 0 Å². The summed E-state index contributed by atoms with van der Waals surface area (Å²) < 4.78 is 10.2. The number of para-hydroxylation sites is 1. The molecule has 2 aromatic carbocycles. The van der Waals surface area contributed by atoms with Crippen LogP contribution in [0, 0.1) is 0 Å². The Hall–Kier alpha value is -3.67. The molecule has 0 fully saturated rings. The van der Waals surface area contributed by atoms with E-state index in [1.54, 1.807) is 29.2 Å². The Balaban J connectivity index is 1.38. The molecule has 1 aliphatic heterocycles. The zero-order valence-electron chi connectivity index (χ0n) is 15.7. The van der Waals surface area contributed by atoms with Gasteiger partial charge in [0.25, 0.3) is 5.91 Å². The summed E-state index contributed by atoms with van der Waals surface area (Å²) in [6.07, 6.45) is 2.74. The summed E-state index contributed by atoms with van der Waals surface area (Å²) in [5.41, 5.74) is 1.73. The molecule has 0 bridgehead atoms. The van der Waals surface area contributed by atoms with E-state index in [2.05, 4.69) is 0 Å². The predicted molar refractivity (Wildman–Crippen MR) is 108 cm³/mol. The summed E-state index contributed by atoms with van der Waals surface area (Å²) in [7, 11) is 0. The van der Waals surface area contributed by atoms with Crippen molar-refractivity contribution >= 4 is 28.4 Å². The van der Waals surface area contributed by atoms with Crippen molar-refractivity contribution in [3.05, 3.63) is 88.3 Å². The fourth-order valence-corrected chi connectivity index (χ4v) is 3.31. The van der Waals surface area contributed by atoms with Gasteiger partial charge in [0, 0.05) is 18.5 Å². The zero-order chi connectivity index (χ0) is 20.2. The van der Waals surface area contributed by atoms with E-state index in [4.69, 9.17) is 9.15 Å². The van der Waals surface area contributed by atoms with Crippen LogP contribution in [0.3, 0.4) is 0 Å². The second-order valence-corrected chi connectivity index (χ2v) is 6.75. The molecule has 2 heterocycles. The van der Waals surface area contributed by atoms with E-state index in [9.17, 15) is 14.4 Å². The average molecular weight is 389 g/mol. The molecule has 146 valence electrons. The van der Waals surface area contributed by atoms with Crippen LogP contribution in [0.5, 0.6) is 0 Å². The van der Waals surface area contributed by atoms with Crippen molar-refractivity contribution in [1.82, 2.24) is 4.90 Å². The molecule has 1 aliphatic rings. The van der Waals surface area contributed by atoms with E-state index in [1.807, 2.05) is 36.4 Å². The minimum Gasteiger partial charge on any atom is -0.452 e. The van der Waals surface area contributed by atoms with Gasteiger partial charge in [0.05, 0.1) is 0 Å². The quantitative estimate of drug-likeness (QED) is 0.506. The lowest BCUT2D eigenvalue weighted by Crippen LogP contribution is -2.37. The van der Waals surface area contributed by atoms with Crippen LogP contribution in [0.25, 0.3) is 16.5 Å². The number of carbonyl (C=O) groups is 2. The van der Waals surface area contributed by atoms with E-state index in [0.29, 0.717) is 24.1 Å². The van der Waals surface area contributed by atoms with Crippen LogP contribution < -0.4 is 5.63 Å². The number of ether oxygens (including phenoxy) is 1. The fraction of sp³-hybridized carbons (Fsp3) is 0.174. The van der Waals surface area contributed by atoms with Gasteiger partial charge in [0.1, 0.15) is 11.1 Å². The first-order chi connectivity index (χ1) is 14.1. The number of hydrogen-bond donors (Lipinski definition) is 0. The Morgan fingerprint density at radius 3 is 2.55 bits per heavy atom. The van der Waals surface area contributed by atoms with Gasteiger partial charge in [0.2, 0.25) is 0 Å². The van der Waals surface area contributed by atoms with Crippen LogP contribution in [0.2, 0.25) is 0 Å². The number of esters is 1. The SMILES string of the molecule is O=C(OCC(=O)N1CC=C(c2ccccc2)CC1)c1cc2ccccc2oc1=O. The second kappa shape index (κ2) is 8.14. The van der Waals surface area contributed by atoms with Crippen LogP contribution in [0.4, 0.5) is 0 Å². The summed E-state index contributed by atoms with van der Waals surface area (Å²) in [5, 5.41) is 0.611. The Bertz CT molecular complexity index is 1150. The number of carbonyl (C=O) groups excluding carboxylic acids is 2. The minimum absolute atomic E-state index is 0.221. The van der Waals surface area contributed by atoms with Gasteiger partial charge in [-0.15, -0.1) is 0 Å². The van der Waals surface area contributed by atoms with Crippen LogP contribution in [0.1, 0.15) is 22.3 Å². The molecule has 0 unspecified atom stereocenters. The van der Waals surface area contributed by atoms with Crippen molar-refractivity contribution in [2.45, 2.75) is 6.42 Å². The van der Waals surface area contributed by atoms with E-state index >= 15 is 0 Å². The topological polar surface area (TPSA) is 76.8 Å². The van der Waals surface area contributed by atoms with Crippen molar-refractivity contribution in [2.75, 3.05) is 19.7 Å². The van der Waals surface area contributed by atoms with Gasteiger partial charge in [-0.3, -0.25) is 4.79 Å². The first kappa shape index (κ1) is 18.7. The highest BCUT2D eigenvalue weighted by Crippen LogP contribution is 2.22. The lowest BCUT2D eigenvalue weighted by molar-refractivity contribution is -0.134. The minimum atomic E-state index is -0.865. The van der Waals surface area contributed by atoms with Gasteiger partial charge in [-0.05, 0) is 29.7 Å². The highest BCUT2D eigenvalue weighted by atomic mass is 16.5. The summed E-state index contributed by atoms with van der Waals surface area (Å²) in [6, 6.07) is 18.3. The number of rotatable bonds is 4. The van der Waals surface area contributed by atoms with Crippen molar-refractivity contribution in [3.8, 4) is 0 Å².